The van der Waals surface area contributed by atoms with Crippen molar-refractivity contribution in [3.63, 3.8) is 0 Å². The van der Waals surface area contributed by atoms with Crippen LogP contribution in [0.5, 0.6) is 0 Å². The molecule has 0 radical (unpaired) electrons. The zero-order chi connectivity index (χ0) is 12.4. The number of hydrogen-bond acceptors (Lipinski definition) is 3. The number of carbonyl (C=O) groups excluding carboxylic acids is 1. The summed E-state index contributed by atoms with van der Waals surface area (Å²) in [5.41, 5.74) is 1.70. The van der Waals surface area contributed by atoms with E-state index in [0.29, 0.717) is 0 Å². The smallest absolute Gasteiger partial charge is 0.323 e. The molecule has 5 heteroatoms. The first kappa shape index (κ1) is 11.0. The number of rotatable bonds is 1. The summed E-state index contributed by atoms with van der Waals surface area (Å²) in [6, 6.07) is 9.65. The maximum Gasteiger partial charge on any atom is 0.346 e. The lowest BCUT2D eigenvalue weighted by molar-refractivity contribution is 0.206. The quantitative estimate of drug-likeness (QED) is 0.768. The average Bonchev–Trinajstić information content (AvgIpc) is 3.10. The summed E-state index contributed by atoms with van der Waals surface area (Å²) >= 11 is 0. The van der Waals surface area contributed by atoms with Crippen molar-refractivity contribution in [1.82, 2.24) is 19.9 Å². The van der Waals surface area contributed by atoms with Crippen LogP contribution in [0.25, 0.3) is 11.3 Å². The molecule has 0 unspecified atom stereocenters. The molecule has 0 atom stereocenters. The Kier molecular flexibility index (Phi) is 2.80. The van der Waals surface area contributed by atoms with Crippen LogP contribution in [0, 0.1) is 0 Å². The van der Waals surface area contributed by atoms with Crippen molar-refractivity contribution in [2.24, 2.45) is 0 Å². The molecule has 18 heavy (non-hydrogen) atoms. The van der Waals surface area contributed by atoms with Gasteiger partial charge >= 0.3 is 6.03 Å². The van der Waals surface area contributed by atoms with Crippen LogP contribution in [0.1, 0.15) is 12.8 Å². The average molecular weight is 242 g/mol. The van der Waals surface area contributed by atoms with Crippen LogP contribution in [0.2, 0.25) is 0 Å². The summed E-state index contributed by atoms with van der Waals surface area (Å²) in [4.78, 5) is 13.9. The molecule has 0 aliphatic carbocycles. The molecule has 0 bridgehead atoms. The standard InChI is InChI=1S/C13H14N4O/c18-13(16-8-4-5-9-16)17-10-12(14-15-17)11-6-2-1-3-7-11/h1-3,6-7,10H,4-5,8-9H2. The van der Waals surface area contributed by atoms with Crippen LogP contribution >= 0.6 is 0 Å². The molecule has 1 saturated heterocycles. The van der Waals surface area contributed by atoms with Gasteiger partial charge in [0.15, 0.2) is 0 Å². The number of nitrogens with zero attached hydrogens (tertiary/aromatic N) is 4. The first-order valence-corrected chi connectivity index (χ1v) is 6.11. The van der Waals surface area contributed by atoms with Gasteiger partial charge in [0.1, 0.15) is 5.69 Å². The summed E-state index contributed by atoms with van der Waals surface area (Å²) in [7, 11) is 0. The Morgan fingerprint density at radius 1 is 1.11 bits per heavy atom. The van der Waals surface area contributed by atoms with Gasteiger partial charge in [-0.05, 0) is 12.8 Å². The van der Waals surface area contributed by atoms with Gasteiger partial charge in [-0.25, -0.2) is 4.79 Å². The Labute approximate surface area is 105 Å². The SMILES string of the molecule is O=C(N1CCCC1)n1cc(-c2ccccc2)nn1. The van der Waals surface area contributed by atoms with Gasteiger partial charge in [0.2, 0.25) is 0 Å². The minimum Gasteiger partial charge on any atom is -0.323 e. The second-order valence-electron chi connectivity index (χ2n) is 4.39. The van der Waals surface area contributed by atoms with E-state index in [0.717, 1.165) is 37.2 Å². The van der Waals surface area contributed by atoms with E-state index in [2.05, 4.69) is 10.3 Å². The van der Waals surface area contributed by atoms with E-state index in [-0.39, 0.29) is 6.03 Å². The van der Waals surface area contributed by atoms with Crippen molar-refractivity contribution in [3.05, 3.63) is 36.5 Å². The number of likely N-dealkylation sites (tertiary alicyclic amines) is 1. The third kappa shape index (κ3) is 1.99. The zero-order valence-electron chi connectivity index (χ0n) is 9.99. The van der Waals surface area contributed by atoms with E-state index in [9.17, 15) is 4.79 Å². The van der Waals surface area contributed by atoms with E-state index in [1.54, 1.807) is 6.20 Å². The van der Waals surface area contributed by atoms with Crippen molar-refractivity contribution in [3.8, 4) is 11.3 Å². The van der Waals surface area contributed by atoms with Crippen LogP contribution in [-0.2, 0) is 0 Å². The second kappa shape index (κ2) is 4.60. The normalized spacial score (nSPS) is 15.0. The molecular formula is C13H14N4O. The van der Waals surface area contributed by atoms with Gasteiger partial charge in [0.25, 0.3) is 0 Å². The maximum absolute atomic E-state index is 12.1. The predicted octanol–water partition coefficient (Wildman–Crippen LogP) is 2.01. The molecule has 92 valence electrons. The summed E-state index contributed by atoms with van der Waals surface area (Å²) < 4.78 is 1.33. The summed E-state index contributed by atoms with van der Waals surface area (Å²) in [5.74, 6) is 0. The van der Waals surface area contributed by atoms with Crippen LogP contribution in [0.3, 0.4) is 0 Å². The third-order valence-corrected chi connectivity index (χ3v) is 3.14. The van der Waals surface area contributed by atoms with E-state index in [4.69, 9.17) is 0 Å². The summed E-state index contributed by atoms with van der Waals surface area (Å²) in [6.45, 7) is 1.64. The molecule has 1 aliphatic rings. The molecule has 2 heterocycles. The lowest BCUT2D eigenvalue weighted by Gasteiger charge is -2.13. The van der Waals surface area contributed by atoms with E-state index < -0.39 is 0 Å². The summed E-state index contributed by atoms with van der Waals surface area (Å²) in [6.07, 6.45) is 3.84. The molecule has 1 aromatic carbocycles. The van der Waals surface area contributed by atoms with Gasteiger partial charge in [-0.1, -0.05) is 35.5 Å². The molecular weight excluding hydrogens is 228 g/mol. The van der Waals surface area contributed by atoms with Crippen LogP contribution in [-0.4, -0.2) is 39.0 Å². The van der Waals surface area contributed by atoms with E-state index >= 15 is 0 Å². The van der Waals surface area contributed by atoms with E-state index in [1.807, 2.05) is 35.2 Å². The van der Waals surface area contributed by atoms with Gasteiger partial charge in [0, 0.05) is 18.7 Å². The zero-order valence-corrected chi connectivity index (χ0v) is 9.99. The van der Waals surface area contributed by atoms with Gasteiger partial charge in [-0.2, -0.15) is 4.68 Å². The van der Waals surface area contributed by atoms with Crippen LogP contribution in [0.4, 0.5) is 4.79 Å². The highest BCUT2D eigenvalue weighted by molar-refractivity contribution is 5.77. The number of benzene rings is 1. The molecule has 2 aromatic rings. The predicted molar refractivity (Wildman–Crippen MR) is 67.1 cm³/mol. The van der Waals surface area contributed by atoms with Gasteiger partial charge in [-0.3, -0.25) is 0 Å². The Bertz CT molecular complexity index is 543. The van der Waals surface area contributed by atoms with Crippen molar-refractivity contribution in [1.29, 1.82) is 0 Å². The first-order valence-electron chi connectivity index (χ1n) is 6.11. The molecule has 1 fully saturated rings. The Hall–Kier alpha value is -2.17. The number of aromatic nitrogens is 3. The molecule has 1 aliphatic heterocycles. The minimum atomic E-state index is -0.0813. The highest BCUT2D eigenvalue weighted by atomic mass is 16.2. The van der Waals surface area contributed by atoms with Crippen LogP contribution in [0.15, 0.2) is 36.5 Å². The van der Waals surface area contributed by atoms with Crippen molar-refractivity contribution >= 4 is 6.03 Å². The Morgan fingerprint density at radius 3 is 2.56 bits per heavy atom. The highest BCUT2D eigenvalue weighted by Crippen LogP contribution is 2.16. The highest BCUT2D eigenvalue weighted by Gasteiger charge is 2.20. The van der Waals surface area contributed by atoms with Gasteiger partial charge in [0.05, 0.1) is 6.20 Å². The van der Waals surface area contributed by atoms with Gasteiger partial charge in [-0.15, -0.1) is 5.10 Å². The number of hydrogen-bond donors (Lipinski definition) is 0. The largest absolute Gasteiger partial charge is 0.346 e. The first-order chi connectivity index (χ1) is 8.84. The Morgan fingerprint density at radius 2 is 1.83 bits per heavy atom. The Balaban J connectivity index is 1.83. The topological polar surface area (TPSA) is 51.0 Å². The lowest BCUT2D eigenvalue weighted by Crippen LogP contribution is -2.32. The molecule has 3 rings (SSSR count). The lowest BCUT2D eigenvalue weighted by atomic mass is 10.2. The molecule has 0 N–H and O–H groups in total. The van der Waals surface area contributed by atoms with E-state index in [1.165, 1.54) is 4.68 Å². The fraction of sp³-hybridized carbons (Fsp3) is 0.308. The fourth-order valence-corrected chi connectivity index (χ4v) is 2.15. The van der Waals surface area contributed by atoms with Crippen molar-refractivity contribution in [2.75, 3.05) is 13.1 Å². The molecule has 5 nitrogen and oxygen atoms in total. The second-order valence-corrected chi connectivity index (χ2v) is 4.39. The maximum atomic E-state index is 12.1. The monoisotopic (exact) mass is 242 g/mol. The number of carbonyl (C=O) groups is 1. The number of amides is 1. The van der Waals surface area contributed by atoms with Crippen LogP contribution < -0.4 is 0 Å². The summed E-state index contributed by atoms with van der Waals surface area (Å²) in [5, 5.41) is 7.96. The molecule has 0 spiro atoms. The minimum absolute atomic E-state index is 0.0813. The molecule has 1 amide bonds. The van der Waals surface area contributed by atoms with Crippen molar-refractivity contribution in [2.45, 2.75) is 12.8 Å². The fourth-order valence-electron chi connectivity index (χ4n) is 2.15. The molecule has 0 saturated carbocycles. The third-order valence-electron chi connectivity index (χ3n) is 3.14. The molecule has 1 aromatic heterocycles. The van der Waals surface area contributed by atoms with Crippen molar-refractivity contribution < 1.29 is 4.79 Å². The van der Waals surface area contributed by atoms with Gasteiger partial charge < -0.3 is 4.90 Å².